The van der Waals surface area contributed by atoms with Gasteiger partial charge in [0.05, 0.1) is 0 Å². The Morgan fingerprint density at radius 3 is 2.46 bits per heavy atom. The summed E-state index contributed by atoms with van der Waals surface area (Å²) < 4.78 is 1.89. The Morgan fingerprint density at radius 2 is 1.75 bits per heavy atom. The van der Waals surface area contributed by atoms with Crippen LogP contribution in [0.4, 0.5) is 11.6 Å². The molecule has 28 heavy (non-hydrogen) atoms. The van der Waals surface area contributed by atoms with Crippen molar-refractivity contribution in [1.29, 1.82) is 0 Å². The van der Waals surface area contributed by atoms with E-state index in [1.807, 2.05) is 40.9 Å². The number of para-hydroxylation sites is 1. The molecule has 5 rings (SSSR count). The third kappa shape index (κ3) is 2.59. The minimum Gasteiger partial charge on any atom is -0.347 e. The Labute approximate surface area is 164 Å². The molecule has 3 aromatic rings. The smallest absolute Gasteiger partial charge is 0.270 e. The summed E-state index contributed by atoms with van der Waals surface area (Å²) in [5.41, 5.74) is 3.34. The number of aromatic nitrogens is 3. The fraction of sp³-hybridized carbons (Fsp3) is 0.318. The first-order valence-corrected chi connectivity index (χ1v) is 9.73. The summed E-state index contributed by atoms with van der Waals surface area (Å²) in [7, 11) is 1.92. The fourth-order valence-electron chi connectivity index (χ4n) is 4.65. The van der Waals surface area contributed by atoms with E-state index in [9.17, 15) is 4.79 Å². The van der Waals surface area contributed by atoms with Gasteiger partial charge in [0, 0.05) is 56.4 Å². The maximum atomic E-state index is 12.9. The molecule has 1 amide bonds. The average Bonchev–Trinajstić information content (AvgIpc) is 3.31. The zero-order valence-corrected chi connectivity index (χ0v) is 16.0. The van der Waals surface area contributed by atoms with Crippen molar-refractivity contribution in [3.05, 3.63) is 72.3 Å². The van der Waals surface area contributed by atoms with Gasteiger partial charge in [-0.25, -0.2) is 9.97 Å². The van der Waals surface area contributed by atoms with Gasteiger partial charge in [0.1, 0.15) is 5.69 Å². The summed E-state index contributed by atoms with van der Waals surface area (Å²) >= 11 is 0. The normalized spacial score (nSPS) is 17.8. The molecular formula is C22H23N5O. The third-order valence-corrected chi connectivity index (χ3v) is 6.19. The maximum Gasteiger partial charge on any atom is 0.270 e. The summed E-state index contributed by atoms with van der Waals surface area (Å²) in [4.78, 5) is 26.1. The second-order valence-electron chi connectivity index (χ2n) is 7.73. The van der Waals surface area contributed by atoms with Crippen LogP contribution in [0, 0.1) is 0 Å². The van der Waals surface area contributed by atoms with Crippen LogP contribution < -0.4 is 4.90 Å². The number of hydrogen-bond donors (Lipinski definition) is 0. The van der Waals surface area contributed by atoms with Crippen molar-refractivity contribution in [3.63, 3.8) is 0 Å². The van der Waals surface area contributed by atoms with Gasteiger partial charge in [0.2, 0.25) is 5.95 Å². The predicted molar refractivity (Wildman–Crippen MR) is 108 cm³/mol. The number of hydrogen-bond acceptors (Lipinski definition) is 4. The van der Waals surface area contributed by atoms with E-state index in [1.165, 1.54) is 11.3 Å². The standard InChI is InChI=1S/C22H23N5O/c1-25-13-4-8-19(25)20(28)26-14-9-22(10-15-26)16-27(21-23-11-5-12-24-21)18-7-3-2-6-17(18)22/h2-8,11-13H,9-10,14-16H2,1H3. The number of piperidine rings is 1. The number of anilines is 2. The first-order valence-electron chi connectivity index (χ1n) is 9.73. The van der Waals surface area contributed by atoms with Gasteiger partial charge >= 0.3 is 0 Å². The molecule has 1 spiro atoms. The van der Waals surface area contributed by atoms with Crippen molar-refractivity contribution in [2.45, 2.75) is 18.3 Å². The Kier molecular flexibility index (Phi) is 3.93. The molecular weight excluding hydrogens is 350 g/mol. The fourth-order valence-corrected chi connectivity index (χ4v) is 4.65. The maximum absolute atomic E-state index is 12.9. The Bertz CT molecular complexity index is 1000. The lowest BCUT2D eigenvalue weighted by Gasteiger charge is -2.39. The molecule has 1 fully saturated rings. The zero-order chi connectivity index (χ0) is 19.1. The van der Waals surface area contributed by atoms with E-state index < -0.39 is 0 Å². The topological polar surface area (TPSA) is 54.3 Å². The number of amides is 1. The molecule has 0 aliphatic carbocycles. The molecule has 2 aromatic heterocycles. The largest absolute Gasteiger partial charge is 0.347 e. The number of nitrogens with zero attached hydrogens (tertiary/aromatic N) is 5. The van der Waals surface area contributed by atoms with Gasteiger partial charge in [0.15, 0.2) is 0 Å². The van der Waals surface area contributed by atoms with E-state index in [2.05, 4.69) is 39.1 Å². The van der Waals surface area contributed by atoms with E-state index >= 15 is 0 Å². The lowest BCUT2D eigenvalue weighted by atomic mass is 9.74. The molecule has 0 radical (unpaired) electrons. The molecule has 0 N–H and O–H groups in total. The van der Waals surface area contributed by atoms with Gasteiger partial charge in [0.25, 0.3) is 5.91 Å². The van der Waals surface area contributed by atoms with Gasteiger partial charge in [-0.15, -0.1) is 0 Å². The number of carbonyl (C=O) groups is 1. The summed E-state index contributed by atoms with van der Waals surface area (Å²) in [6, 6.07) is 14.2. The first-order chi connectivity index (χ1) is 13.7. The summed E-state index contributed by atoms with van der Waals surface area (Å²) in [6.45, 7) is 2.40. The molecule has 1 saturated heterocycles. The number of aryl methyl sites for hydroxylation is 1. The Morgan fingerprint density at radius 1 is 1.00 bits per heavy atom. The van der Waals surface area contributed by atoms with E-state index in [1.54, 1.807) is 12.4 Å². The summed E-state index contributed by atoms with van der Waals surface area (Å²) in [5.74, 6) is 0.867. The van der Waals surface area contributed by atoms with Crippen molar-refractivity contribution in [2.75, 3.05) is 24.5 Å². The van der Waals surface area contributed by atoms with Crippen molar-refractivity contribution in [3.8, 4) is 0 Å². The van der Waals surface area contributed by atoms with Crippen LogP contribution >= 0.6 is 0 Å². The summed E-state index contributed by atoms with van der Waals surface area (Å²) in [6.07, 6.45) is 7.39. The molecule has 6 nitrogen and oxygen atoms in total. The molecule has 1 aromatic carbocycles. The molecule has 0 bridgehead atoms. The quantitative estimate of drug-likeness (QED) is 0.693. The second kappa shape index (κ2) is 6.48. The van der Waals surface area contributed by atoms with Gasteiger partial charge < -0.3 is 14.4 Å². The molecule has 4 heterocycles. The van der Waals surface area contributed by atoms with Crippen LogP contribution in [-0.2, 0) is 12.5 Å². The van der Waals surface area contributed by atoms with Crippen LogP contribution in [0.5, 0.6) is 0 Å². The molecule has 6 heteroatoms. The number of benzene rings is 1. The van der Waals surface area contributed by atoms with E-state index in [4.69, 9.17) is 0 Å². The highest BCUT2D eigenvalue weighted by molar-refractivity contribution is 5.92. The molecule has 142 valence electrons. The van der Waals surface area contributed by atoms with Crippen LogP contribution in [0.3, 0.4) is 0 Å². The number of fused-ring (bicyclic) bond motifs is 2. The molecule has 0 atom stereocenters. The van der Waals surface area contributed by atoms with Crippen molar-refractivity contribution in [1.82, 2.24) is 19.4 Å². The minimum atomic E-state index is 0.0424. The molecule has 2 aliphatic rings. The van der Waals surface area contributed by atoms with Crippen LogP contribution in [0.25, 0.3) is 0 Å². The SMILES string of the molecule is Cn1cccc1C(=O)N1CCC2(CC1)CN(c1ncccn1)c1ccccc12. The van der Waals surface area contributed by atoms with Crippen LogP contribution in [-0.4, -0.2) is 45.0 Å². The lowest BCUT2D eigenvalue weighted by Crippen LogP contribution is -2.47. The van der Waals surface area contributed by atoms with Gasteiger partial charge in [-0.3, -0.25) is 4.79 Å². The molecule has 2 aliphatic heterocycles. The zero-order valence-electron chi connectivity index (χ0n) is 16.0. The highest BCUT2D eigenvalue weighted by Crippen LogP contribution is 2.48. The number of carbonyl (C=O) groups excluding carboxylic acids is 1. The number of rotatable bonds is 2. The lowest BCUT2D eigenvalue weighted by molar-refractivity contribution is 0.0665. The highest BCUT2D eigenvalue weighted by atomic mass is 16.2. The van der Waals surface area contributed by atoms with Crippen LogP contribution in [0.2, 0.25) is 0 Å². The van der Waals surface area contributed by atoms with E-state index in [-0.39, 0.29) is 11.3 Å². The van der Waals surface area contributed by atoms with Crippen LogP contribution in [0.15, 0.2) is 61.1 Å². The van der Waals surface area contributed by atoms with E-state index in [0.29, 0.717) is 0 Å². The van der Waals surface area contributed by atoms with Gasteiger partial charge in [-0.1, -0.05) is 18.2 Å². The third-order valence-electron chi connectivity index (χ3n) is 6.19. The van der Waals surface area contributed by atoms with Crippen molar-refractivity contribution < 1.29 is 4.79 Å². The monoisotopic (exact) mass is 373 g/mol. The number of likely N-dealkylation sites (tertiary alicyclic amines) is 1. The average molecular weight is 373 g/mol. The van der Waals surface area contributed by atoms with E-state index in [0.717, 1.165) is 44.1 Å². The Hall–Kier alpha value is -3.15. The van der Waals surface area contributed by atoms with Crippen molar-refractivity contribution >= 4 is 17.5 Å². The molecule has 0 saturated carbocycles. The van der Waals surface area contributed by atoms with Crippen LogP contribution in [0.1, 0.15) is 28.9 Å². The Balaban J connectivity index is 1.41. The van der Waals surface area contributed by atoms with Gasteiger partial charge in [-0.2, -0.15) is 0 Å². The predicted octanol–water partition coefficient (Wildman–Crippen LogP) is 3.14. The highest BCUT2D eigenvalue weighted by Gasteiger charge is 2.46. The molecule has 0 unspecified atom stereocenters. The second-order valence-corrected chi connectivity index (χ2v) is 7.73. The summed E-state index contributed by atoms with van der Waals surface area (Å²) in [5, 5.41) is 0. The first kappa shape index (κ1) is 17.0. The van der Waals surface area contributed by atoms with Gasteiger partial charge in [-0.05, 0) is 42.7 Å². The minimum absolute atomic E-state index is 0.0424. The van der Waals surface area contributed by atoms with Crippen molar-refractivity contribution in [2.24, 2.45) is 7.05 Å².